The van der Waals surface area contributed by atoms with Crippen molar-refractivity contribution in [3.63, 3.8) is 0 Å². The lowest BCUT2D eigenvalue weighted by molar-refractivity contribution is -0.384. The van der Waals surface area contributed by atoms with Crippen LogP contribution in [-0.4, -0.2) is 26.4 Å². The van der Waals surface area contributed by atoms with Crippen molar-refractivity contribution >= 4 is 11.5 Å². The maximum absolute atomic E-state index is 10.9. The van der Waals surface area contributed by atoms with Crippen molar-refractivity contribution in [2.24, 2.45) is 0 Å². The number of rotatable bonds is 6. The maximum atomic E-state index is 10.9. The topological polar surface area (TPSA) is 96.7 Å². The van der Waals surface area contributed by atoms with Crippen LogP contribution in [0.25, 0.3) is 0 Å². The normalized spacial score (nSPS) is 10.4. The first kappa shape index (κ1) is 13.0. The third-order valence-corrected chi connectivity index (χ3v) is 2.64. The average molecular weight is 261 g/mol. The molecular formula is C12H15N5O2. The van der Waals surface area contributed by atoms with Crippen LogP contribution in [0.1, 0.15) is 17.8 Å². The van der Waals surface area contributed by atoms with Crippen LogP contribution in [0.5, 0.6) is 0 Å². The van der Waals surface area contributed by atoms with E-state index < -0.39 is 4.92 Å². The third kappa shape index (κ3) is 3.51. The summed E-state index contributed by atoms with van der Waals surface area (Å²) < 4.78 is 0. The molecule has 0 aliphatic carbocycles. The summed E-state index contributed by atoms with van der Waals surface area (Å²) in [6.07, 6.45) is 6.70. The van der Waals surface area contributed by atoms with Gasteiger partial charge in [-0.05, 0) is 18.9 Å². The number of nitro groups is 1. The second kappa shape index (κ2) is 5.94. The largest absolute Gasteiger partial charge is 0.364 e. The lowest BCUT2D eigenvalue weighted by atomic mass is 10.2. The summed E-state index contributed by atoms with van der Waals surface area (Å²) in [5, 5.41) is 13.9. The van der Waals surface area contributed by atoms with Gasteiger partial charge in [-0.15, -0.1) is 0 Å². The molecule has 0 bridgehead atoms. The first-order valence-electron chi connectivity index (χ1n) is 6.00. The number of aromatic nitrogens is 3. The van der Waals surface area contributed by atoms with E-state index in [1.54, 1.807) is 25.5 Å². The Balaban J connectivity index is 1.90. The van der Waals surface area contributed by atoms with E-state index in [2.05, 4.69) is 20.3 Å². The van der Waals surface area contributed by atoms with Crippen LogP contribution in [0.4, 0.5) is 11.5 Å². The van der Waals surface area contributed by atoms with Crippen molar-refractivity contribution in [3.05, 3.63) is 46.2 Å². The molecule has 2 N–H and O–H groups in total. The van der Waals surface area contributed by atoms with Crippen LogP contribution in [0.2, 0.25) is 0 Å². The highest BCUT2D eigenvalue weighted by Crippen LogP contribution is 2.22. The minimum Gasteiger partial charge on any atom is -0.364 e. The number of aryl methyl sites for hydroxylation is 2. The predicted octanol–water partition coefficient (Wildman–Crippen LogP) is 2.07. The van der Waals surface area contributed by atoms with Gasteiger partial charge in [0, 0.05) is 37.6 Å². The third-order valence-electron chi connectivity index (χ3n) is 2.64. The van der Waals surface area contributed by atoms with Gasteiger partial charge in [0.25, 0.3) is 0 Å². The van der Waals surface area contributed by atoms with Gasteiger partial charge in [-0.1, -0.05) is 0 Å². The van der Waals surface area contributed by atoms with Crippen molar-refractivity contribution in [1.82, 2.24) is 15.0 Å². The number of hydrogen-bond donors (Lipinski definition) is 2. The smallest absolute Gasteiger partial charge is 0.311 e. The first-order valence-corrected chi connectivity index (χ1v) is 6.00. The van der Waals surface area contributed by atoms with Crippen molar-refractivity contribution in [2.45, 2.75) is 19.8 Å². The van der Waals surface area contributed by atoms with Crippen molar-refractivity contribution in [3.8, 4) is 0 Å². The zero-order valence-electron chi connectivity index (χ0n) is 10.6. The zero-order chi connectivity index (χ0) is 13.7. The Morgan fingerprint density at radius 3 is 3.00 bits per heavy atom. The molecule has 7 heteroatoms. The molecule has 2 aromatic heterocycles. The van der Waals surface area contributed by atoms with E-state index in [1.807, 2.05) is 0 Å². The summed E-state index contributed by atoms with van der Waals surface area (Å²) in [6.45, 7) is 2.39. The Hall–Kier alpha value is -2.44. The molecule has 0 saturated carbocycles. The second-order valence-corrected chi connectivity index (χ2v) is 4.20. The summed E-state index contributed by atoms with van der Waals surface area (Å²) in [5.74, 6) is 1.23. The lowest BCUT2D eigenvalue weighted by Crippen LogP contribution is -2.07. The van der Waals surface area contributed by atoms with Crippen LogP contribution in [-0.2, 0) is 6.42 Å². The molecule has 0 unspecified atom stereocenters. The molecule has 0 spiro atoms. The molecule has 0 radical (unpaired) electrons. The Morgan fingerprint density at radius 1 is 1.47 bits per heavy atom. The summed E-state index contributed by atoms with van der Waals surface area (Å²) in [4.78, 5) is 21.7. The number of pyridine rings is 1. The SMILES string of the molecule is Cc1cnc(NCCCc2ncc[nH]2)c([N+](=O)[O-])c1. The molecule has 19 heavy (non-hydrogen) atoms. The van der Waals surface area contributed by atoms with Gasteiger partial charge >= 0.3 is 5.69 Å². The Morgan fingerprint density at radius 2 is 2.32 bits per heavy atom. The molecule has 7 nitrogen and oxygen atoms in total. The van der Waals surface area contributed by atoms with E-state index in [9.17, 15) is 10.1 Å². The molecule has 0 aliphatic heterocycles. The monoisotopic (exact) mass is 261 g/mol. The van der Waals surface area contributed by atoms with Crippen LogP contribution < -0.4 is 5.32 Å². The Labute approximate surface area is 110 Å². The Bertz CT molecular complexity index is 553. The van der Waals surface area contributed by atoms with Crippen LogP contribution in [0.3, 0.4) is 0 Å². The minimum absolute atomic E-state index is 0.0120. The molecule has 2 aromatic rings. The van der Waals surface area contributed by atoms with Gasteiger partial charge in [-0.2, -0.15) is 0 Å². The van der Waals surface area contributed by atoms with Gasteiger partial charge in [0.2, 0.25) is 5.82 Å². The first-order chi connectivity index (χ1) is 9.16. The predicted molar refractivity (Wildman–Crippen MR) is 71.0 cm³/mol. The van der Waals surface area contributed by atoms with E-state index >= 15 is 0 Å². The molecule has 0 fully saturated rings. The van der Waals surface area contributed by atoms with Gasteiger partial charge in [-0.3, -0.25) is 10.1 Å². The van der Waals surface area contributed by atoms with Gasteiger partial charge in [0.1, 0.15) is 5.82 Å². The molecule has 100 valence electrons. The number of aromatic amines is 1. The van der Waals surface area contributed by atoms with Crippen molar-refractivity contribution in [1.29, 1.82) is 0 Å². The van der Waals surface area contributed by atoms with Gasteiger partial charge in [0.05, 0.1) is 4.92 Å². The van der Waals surface area contributed by atoms with E-state index in [-0.39, 0.29) is 5.69 Å². The van der Waals surface area contributed by atoms with Gasteiger partial charge < -0.3 is 10.3 Å². The van der Waals surface area contributed by atoms with Gasteiger partial charge in [0.15, 0.2) is 0 Å². The van der Waals surface area contributed by atoms with Crippen molar-refractivity contribution < 1.29 is 4.92 Å². The molecule has 2 heterocycles. The molecule has 0 saturated heterocycles. The molecule has 0 aromatic carbocycles. The van der Waals surface area contributed by atoms with Crippen LogP contribution in [0.15, 0.2) is 24.7 Å². The summed E-state index contributed by atoms with van der Waals surface area (Å²) in [6, 6.07) is 1.52. The van der Waals surface area contributed by atoms with E-state index in [0.717, 1.165) is 24.2 Å². The average Bonchev–Trinajstić information content (AvgIpc) is 2.89. The van der Waals surface area contributed by atoms with Crippen molar-refractivity contribution in [2.75, 3.05) is 11.9 Å². The number of H-pyrrole nitrogens is 1. The zero-order valence-corrected chi connectivity index (χ0v) is 10.6. The van der Waals surface area contributed by atoms with Gasteiger partial charge in [-0.25, -0.2) is 9.97 Å². The maximum Gasteiger partial charge on any atom is 0.311 e. The lowest BCUT2D eigenvalue weighted by Gasteiger charge is -2.06. The summed E-state index contributed by atoms with van der Waals surface area (Å²) in [7, 11) is 0. The summed E-state index contributed by atoms with van der Waals surface area (Å²) >= 11 is 0. The highest BCUT2D eigenvalue weighted by molar-refractivity contribution is 5.56. The standard InChI is InChI=1S/C12H15N5O2/c1-9-7-10(17(18)19)12(16-8-9)15-4-2-3-11-13-5-6-14-11/h5-8H,2-4H2,1H3,(H,13,14)(H,15,16). The molecule has 0 atom stereocenters. The fourth-order valence-electron chi connectivity index (χ4n) is 1.73. The number of nitrogens with one attached hydrogen (secondary N) is 2. The Kier molecular flexibility index (Phi) is 4.07. The number of imidazole rings is 1. The minimum atomic E-state index is -0.422. The molecule has 0 amide bonds. The molecule has 2 rings (SSSR count). The van der Waals surface area contributed by atoms with E-state index in [1.165, 1.54) is 6.07 Å². The second-order valence-electron chi connectivity index (χ2n) is 4.20. The molecule has 0 aliphatic rings. The highest BCUT2D eigenvalue weighted by atomic mass is 16.6. The number of hydrogen-bond acceptors (Lipinski definition) is 5. The number of anilines is 1. The van der Waals surface area contributed by atoms with E-state index in [4.69, 9.17) is 0 Å². The quantitative estimate of drug-likeness (QED) is 0.471. The fourth-order valence-corrected chi connectivity index (χ4v) is 1.73. The fraction of sp³-hybridized carbons (Fsp3) is 0.333. The van der Waals surface area contributed by atoms with E-state index in [0.29, 0.717) is 12.4 Å². The summed E-state index contributed by atoms with van der Waals surface area (Å²) in [5.41, 5.74) is 0.783. The molecular weight excluding hydrogens is 246 g/mol. The van der Waals surface area contributed by atoms with Crippen LogP contribution >= 0.6 is 0 Å². The van der Waals surface area contributed by atoms with Crippen LogP contribution in [0, 0.1) is 17.0 Å². The number of nitrogens with zero attached hydrogens (tertiary/aromatic N) is 3. The highest BCUT2D eigenvalue weighted by Gasteiger charge is 2.14.